The van der Waals surface area contributed by atoms with E-state index in [9.17, 15) is 0 Å². The summed E-state index contributed by atoms with van der Waals surface area (Å²) in [6, 6.07) is 46.7. The number of hydrogen-bond donors (Lipinski definition) is 0. The van der Waals surface area contributed by atoms with Gasteiger partial charge in [0.2, 0.25) is 0 Å². The first-order chi connectivity index (χ1) is 34.0. The minimum atomic E-state index is -0.203. The van der Waals surface area contributed by atoms with Gasteiger partial charge in [-0.15, -0.1) is 0 Å². The van der Waals surface area contributed by atoms with Crippen LogP contribution in [0, 0.1) is 37.5 Å². The van der Waals surface area contributed by atoms with Gasteiger partial charge in [0.15, 0.2) is 0 Å². The molecule has 2 unspecified atom stereocenters. The van der Waals surface area contributed by atoms with Crippen molar-refractivity contribution in [1.82, 2.24) is 9.80 Å². The number of likely N-dealkylation sites (tertiary alicyclic amines) is 2. The van der Waals surface area contributed by atoms with Crippen LogP contribution in [0.5, 0.6) is 23.0 Å². The fraction of sp³-hybridized carbons (Fsp3) is 0.312. The van der Waals surface area contributed by atoms with Crippen LogP contribution in [-0.4, -0.2) is 63.3 Å². The number of ether oxygens (including phenoxy) is 4. The molecular formula is C64H68N2O4. The zero-order chi connectivity index (χ0) is 48.7. The zero-order valence-electron chi connectivity index (χ0n) is 42.4. The standard InChI is InChI=1S/C32H35NO2.C32H33NO2/c2*1-22-10-15-30-29(19-22)24(3)31(27-8-5-9-28(20-27)34-4)32(35-30)26-13-11-25(12-14-26)7-6-17-33-18-16-23(2)21-33/h5-15,19-20,23,32H,16-18,21H2,1-4H3;5,8-15,19-20,23,32H,16-18,21H2,1-4H3/b7-6-;/t2*23-,32?/m11/s1. The van der Waals surface area contributed by atoms with Gasteiger partial charge in [-0.3, -0.25) is 9.80 Å². The Labute approximate surface area is 417 Å². The van der Waals surface area contributed by atoms with Gasteiger partial charge in [-0.2, -0.15) is 0 Å². The molecule has 2 fully saturated rings. The summed E-state index contributed by atoms with van der Waals surface area (Å²) in [7, 11) is 3.42. The lowest BCUT2D eigenvalue weighted by Crippen LogP contribution is -2.20. The summed E-state index contributed by atoms with van der Waals surface area (Å²) in [5.74, 6) is 11.9. The average Bonchev–Trinajstić information content (AvgIpc) is 4.01. The van der Waals surface area contributed by atoms with Crippen LogP contribution < -0.4 is 18.9 Å². The van der Waals surface area contributed by atoms with Crippen LogP contribution >= 0.6 is 0 Å². The molecule has 4 aliphatic rings. The van der Waals surface area contributed by atoms with Gasteiger partial charge >= 0.3 is 0 Å². The van der Waals surface area contributed by atoms with Gasteiger partial charge in [0.1, 0.15) is 35.2 Å². The molecule has 6 nitrogen and oxygen atoms in total. The minimum absolute atomic E-state index is 0.179. The Balaban J connectivity index is 0.000000174. The molecule has 6 heteroatoms. The van der Waals surface area contributed by atoms with Gasteiger partial charge < -0.3 is 18.9 Å². The quantitative estimate of drug-likeness (QED) is 0.128. The zero-order valence-corrected chi connectivity index (χ0v) is 42.4. The molecule has 358 valence electrons. The molecule has 6 aromatic carbocycles. The monoisotopic (exact) mass is 929 g/mol. The van der Waals surface area contributed by atoms with E-state index in [0.29, 0.717) is 0 Å². The van der Waals surface area contributed by atoms with Crippen molar-refractivity contribution in [3.05, 3.63) is 195 Å². The Kier molecular flexibility index (Phi) is 15.1. The van der Waals surface area contributed by atoms with Crippen LogP contribution in [0.2, 0.25) is 0 Å². The predicted octanol–water partition coefficient (Wildman–Crippen LogP) is 14.2. The fourth-order valence-corrected chi connectivity index (χ4v) is 10.4. The highest BCUT2D eigenvalue weighted by Gasteiger charge is 2.31. The molecule has 6 aromatic rings. The van der Waals surface area contributed by atoms with Gasteiger partial charge in [0.05, 0.1) is 20.8 Å². The summed E-state index contributed by atoms with van der Waals surface area (Å²) < 4.78 is 24.4. The van der Waals surface area contributed by atoms with Crippen molar-refractivity contribution in [2.75, 3.05) is 53.5 Å². The maximum absolute atomic E-state index is 6.66. The second kappa shape index (κ2) is 21.9. The fourth-order valence-electron chi connectivity index (χ4n) is 10.4. The summed E-state index contributed by atoms with van der Waals surface area (Å²) in [4.78, 5) is 4.97. The lowest BCUT2D eigenvalue weighted by atomic mass is 9.85. The Bertz CT molecular complexity index is 2970. The first-order valence-electron chi connectivity index (χ1n) is 25.1. The third-order valence-electron chi connectivity index (χ3n) is 14.3. The number of rotatable bonds is 10. The van der Waals surface area contributed by atoms with Crippen LogP contribution in [0.1, 0.15) is 108 Å². The Morgan fingerprint density at radius 1 is 0.586 bits per heavy atom. The molecule has 4 atom stereocenters. The summed E-state index contributed by atoms with van der Waals surface area (Å²) in [5.41, 5.74) is 16.4. The largest absolute Gasteiger partial charge is 0.497 e. The molecule has 0 spiro atoms. The average molecular weight is 929 g/mol. The van der Waals surface area contributed by atoms with Crippen molar-refractivity contribution in [3.8, 4) is 34.8 Å². The Hall–Kier alpha value is -6.78. The number of allylic oxidation sites excluding steroid dienone is 2. The van der Waals surface area contributed by atoms with Crippen LogP contribution in [0.25, 0.3) is 28.4 Å². The van der Waals surface area contributed by atoms with E-state index in [1.165, 1.54) is 64.9 Å². The third kappa shape index (κ3) is 11.1. The van der Waals surface area contributed by atoms with E-state index in [1.807, 2.05) is 24.3 Å². The molecule has 4 heterocycles. The van der Waals surface area contributed by atoms with Gasteiger partial charge in [-0.05, 0) is 165 Å². The molecule has 0 N–H and O–H groups in total. The number of methoxy groups -OCH3 is 2. The SMILES string of the molecule is COc1cccc(C2=C(C)c3cc(C)ccc3OC2c2ccc(/C=C\CN3CC[C@@H](C)C3)cc2)c1.COc1cccc(C2=C(C)c3cc(C)ccc3OC2c2ccc(C#CCN3CC[C@@H](C)C3)cc2)c1. The molecule has 0 radical (unpaired) electrons. The maximum atomic E-state index is 6.66. The molecular weight excluding hydrogens is 861 g/mol. The molecule has 0 aromatic heterocycles. The van der Waals surface area contributed by atoms with Crippen molar-refractivity contribution in [1.29, 1.82) is 0 Å². The summed E-state index contributed by atoms with van der Waals surface area (Å²) in [6.07, 6.45) is 6.73. The second-order valence-electron chi connectivity index (χ2n) is 19.8. The molecule has 0 saturated carbocycles. The van der Waals surface area contributed by atoms with Gasteiger partial charge in [0.25, 0.3) is 0 Å². The maximum Gasteiger partial charge on any atom is 0.150 e. The molecule has 0 bridgehead atoms. The molecule has 2 saturated heterocycles. The van der Waals surface area contributed by atoms with Crippen LogP contribution in [0.15, 0.2) is 140 Å². The van der Waals surface area contributed by atoms with E-state index in [1.54, 1.807) is 14.2 Å². The van der Waals surface area contributed by atoms with Crippen molar-refractivity contribution >= 4 is 28.4 Å². The van der Waals surface area contributed by atoms with Gasteiger partial charge in [0, 0.05) is 47.5 Å². The molecule has 10 rings (SSSR count). The molecule has 0 amide bonds. The number of fused-ring (bicyclic) bond motifs is 2. The lowest BCUT2D eigenvalue weighted by Gasteiger charge is -2.31. The minimum Gasteiger partial charge on any atom is -0.497 e. The third-order valence-corrected chi connectivity index (χ3v) is 14.3. The van der Waals surface area contributed by atoms with E-state index in [-0.39, 0.29) is 12.2 Å². The highest BCUT2D eigenvalue weighted by molar-refractivity contribution is 5.97. The van der Waals surface area contributed by atoms with Crippen molar-refractivity contribution in [3.63, 3.8) is 0 Å². The van der Waals surface area contributed by atoms with E-state index in [4.69, 9.17) is 18.9 Å². The molecule has 4 aliphatic heterocycles. The topological polar surface area (TPSA) is 43.4 Å². The van der Waals surface area contributed by atoms with Crippen LogP contribution in [0.4, 0.5) is 0 Å². The number of benzene rings is 6. The predicted molar refractivity (Wildman–Crippen MR) is 289 cm³/mol. The first-order valence-corrected chi connectivity index (χ1v) is 25.1. The normalized spacial score (nSPS) is 19.9. The van der Waals surface area contributed by atoms with Crippen LogP contribution in [0.3, 0.4) is 0 Å². The Morgan fingerprint density at radius 3 is 1.57 bits per heavy atom. The van der Waals surface area contributed by atoms with Crippen molar-refractivity contribution in [2.45, 2.75) is 66.6 Å². The summed E-state index contributed by atoms with van der Waals surface area (Å²) in [5, 5.41) is 0. The first kappa shape index (κ1) is 48.3. The van der Waals surface area contributed by atoms with Gasteiger partial charge in [-0.1, -0.05) is 122 Å². The number of aryl methyl sites for hydroxylation is 2. The molecule has 70 heavy (non-hydrogen) atoms. The summed E-state index contributed by atoms with van der Waals surface area (Å²) in [6.45, 7) is 19.9. The smallest absolute Gasteiger partial charge is 0.150 e. The summed E-state index contributed by atoms with van der Waals surface area (Å²) >= 11 is 0. The van der Waals surface area contributed by atoms with E-state index >= 15 is 0 Å². The lowest BCUT2D eigenvalue weighted by molar-refractivity contribution is 0.260. The van der Waals surface area contributed by atoms with E-state index < -0.39 is 0 Å². The van der Waals surface area contributed by atoms with E-state index in [2.05, 4.69) is 185 Å². The second-order valence-corrected chi connectivity index (χ2v) is 19.8. The number of hydrogen-bond acceptors (Lipinski definition) is 6. The number of nitrogens with zero attached hydrogens (tertiary/aromatic N) is 2. The van der Waals surface area contributed by atoms with Gasteiger partial charge in [-0.25, -0.2) is 0 Å². The van der Waals surface area contributed by atoms with Crippen molar-refractivity contribution in [2.24, 2.45) is 11.8 Å². The van der Waals surface area contributed by atoms with Crippen LogP contribution in [-0.2, 0) is 0 Å². The highest BCUT2D eigenvalue weighted by Crippen LogP contribution is 2.49. The Morgan fingerprint density at radius 2 is 1.09 bits per heavy atom. The van der Waals surface area contributed by atoms with Crippen molar-refractivity contribution < 1.29 is 18.9 Å². The van der Waals surface area contributed by atoms with E-state index in [0.717, 1.165) is 100.0 Å². The highest BCUT2D eigenvalue weighted by atomic mass is 16.5. The molecule has 0 aliphatic carbocycles.